The quantitative estimate of drug-likeness (QED) is 0.249. The van der Waals surface area contributed by atoms with Gasteiger partial charge in [0.25, 0.3) is 0 Å². The molecule has 0 aliphatic carbocycles. The lowest BCUT2D eigenvalue weighted by Crippen LogP contribution is -2.43. The maximum Gasteiger partial charge on any atom is 0.146 e. The minimum absolute atomic E-state index is 0.0583. The molecule has 0 saturated carbocycles. The van der Waals surface area contributed by atoms with E-state index in [0.29, 0.717) is 29.8 Å². The number of hydrogen-bond acceptors (Lipinski definition) is 2. The van der Waals surface area contributed by atoms with Crippen molar-refractivity contribution in [2.24, 2.45) is 5.92 Å². The van der Waals surface area contributed by atoms with Gasteiger partial charge in [0.2, 0.25) is 0 Å². The first-order valence-electron chi connectivity index (χ1n) is 9.29. The molecule has 138 valence electrons. The van der Waals surface area contributed by atoms with E-state index in [1.165, 1.54) is 0 Å². The molecular formula is C21H38O2Si. The molecule has 24 heavy (non-hydrogen) atoms. The van der Waals surface area contributed by atoms with Crippen LogP contribution in [-0.2, 0) is 4.74 Å². The largest absolute Gasteiger partial charge is 0.380 e. The van der Waals surface area contributed by atoms with Gasteiger partial charge in [0.1, 0.15) is 14.2 Å². The smallest absolute Gasteiger partial charge is 0.146 e. The predicted octanol–water partition coefficient (Wildman–Crippen LogP) is 5.35. The zero-order chi connectivity index (χ0) is 18.8. The van der Waals surface area contributed by atoms with Crippen molar-refractivity contribution in [2.45, 2.75) is 77.6 Å². The second kappa shape index (κ2) is 11.7. The Bertz CT molecular complexity index is 419. The number of rotatable bonds is 10. The summed E-state index contributed by atoms with van der Waals surface area (Å²) in [5, 5.41) is 10.6. The molecule has 0 radical (unpaired) electrons. The Morgan fingerprint density at radius 1 is 1.04 bits per heavy atom. The second-order valence-corrected chi connectivity index (χ2v) is 13.0. The summed E-state index contributed by atoms with van der Waals surface area (Å²) in [6.45, 7) is 20.6. The molecule has 0 spiro atoms. The van der Waals surface area contributed by atoms with Crippen LogP contribution in [-0.4, -0.2) is 32.5 Å². The van der Waals surface area contributed by atoms with Gasteiger partial charge in [-0.25, -0.2) is 0 Å². The standard InChI is InChI=1S/C21H38O2Si/c1-9-14-23-15-11-12-20(10-2)21(22)13-16-24(17(3)4,18(5)6)19(7)8/h9,11-12,17-22H,1,10,14-15H2,2-8H3/b12-11+/t20-,21-/m0/s1. The fourth-order valence-electron chi connectivity index (χ4n) is 3.65. The SMILES string of the molecule is C=CCOC/C=C/[C@H](CC)[C@@H](O)C#C[Si](C(C)C)(C(C)C)C(C)C. The summed E-state index contributed by atoms with van der Waals surface area (Å²) in [6, 6.07) is 0. The lowest BCUT2D eigenvalue weighted by atomic mass is 9.99. The molecule has 0 unspecified atom stereocenters. The first kappa shape index (κ1) is 23.2. The fraction of sp³-hybridized carbons (Fsp3) is 0.714. The summed E-state index contributed by atoms with van der Waals surface area (Å²) >= 11 is 0. The van der Waals surface area contributed by atoms with Crippen molar-refractivity contribution in [3.63, 3.8) is 0 Å². The third-order valence-electron chi connectivity index (χ3n) is 5.01. The Morgan fingerprint density at radius 2 is 1.58 bits per heavy atom. The first-order chi connectivity index (χ1) is 11.2. The Hall–Kier alpha value is -0.823. The third kappa shape index (κ3) is 6.59. The van der Waals surface area contributed by atoms with E-state index in [1.807, 2.05) is 12.2 Å². The average Bonchev–Trinajstić information content (AvgIpc) is 2.50. The Labute approximate surface area is 151 Å². The molecule has 0 aromatic carbocycles. The van der Waals surface area contributed by atoms with Crippen LogP contribution >= 0.6 is 0 Å². The van der Waals surface area contributed by atoms with Crippen molar-refractivity contribution < 1.29 is 9.84 Å². The molecule has 0 aliphatic heterocycles. The lowest BCUT2D eigenvalue weighted by molar-refractivity contribution is 0.179. The molecule has 0 aliphatic rings. The van der Waals surface area contributed by atoms with Crippen LogP contribution in [0.5, 0.6) is 0 Å². The molecule has 0 saturated heterocycles. The molecule has 0 fully saturated rings. The minimum atomic E-state index is -1.78. The van der Waals surface area contributed by atoms with Gasteiger partial charge >= 0.3 is 0 Å². The van der Waals surface area contributed by atoms with E-state index in [2.05, 4.69) is 66.5 Å². The van der Waals surface area contributed by atoms with Crippen molar-refractivity contribution in [1.82, 2.24) is 0 Å². The topological polar surface area (TPSA) is 29.5 Å². The van der Waals surface area contributed by atoms with Crippen LogP contribution in [0.2, 0.25) is 16.6 Å². The van der Waals surface area contributed by atoms with Crippen LogP contribution in [0.1, 0.15) is 54.9 Å². The van der Waals surface area contributed by atoms with Gasteiger partial charge in [0.05, 0.1) is 13.2 Å². The van der Waals surface area contributed by atoms with Crippen LogP contribution < -0.4 is 0 Å². The Morgan fingerprint density at radius 3 is 2.00 bits per heavy atom. The summed E-state index contributed by atoms with van der Waals surface area (Å²) in [5.74, 6) is 3.29. The molecule has 0 heterocycles. The van der Waals surface area contributed by atoms with Crippen LogP contribution in [0.4, 0.5) is 0 Å². The van der Waals surface area contributed by atoms with Gasteiger partial charge in [0.15, 0.2) is 0 Å². The van der Waals surface area contributed by atoms with E-state index in [-0.39, 0.29) is 5.92 Å². The molecule has 0 rings (SSSR count). The van der Waals surface area contributed by atoms with Gasteiger partial charge < -0.3 is 9.84 Å². The number of ether oxygens (including phenoxy) is 1. The molecule has 1 N–H and O–H groups in total. The van der Waals surface area contributed by atoms with Gasteiger partial charge in [0, 0.05) is 5.92 Å². The monoisotopic (exact) mass is 350 g/mol. The summed E-state index contributed by atoms with van der Waals surface area (Å²) in [6.07, 6.45) is 6.01. The van der Waals surface area contributed by atoms with E-state index in [4.69, 9.17) is 4.74 Å². The van der Waals surface area contributed by atoms with E-state index < -0.39 is 14.2 Å². The van der Waals surface area contributed by atoms with Crippen molar-refractivity contribution in [2.75, 3.05) is 13.2 Å². The van der Waals surface area contributed by atoms with Crippen molar-refractivity contribution in [3.05, 3.63) is 24.8 Å². The lowest BCUT2D eigenvalue weighted by Gasteiger charge is -2.38. The highest BCUT2D eigenvalue weighted by Crippen LogP contribution is 2.40. The van der Waals surface area contributed by atoms with E-state index >= 15 is 0 Å². The minimum Gasteiger partial charge on any atom is -0.380 e. The number of aliphatic hydroxyl groups excluding tert-OH is 1. The van der Waals surface area contributed by atoms with Gasteiger partial charge in [-0.2, -0.15) is 0 Å². The highest BCUT2D eigenvalue weighted by atomic mass is 28.3. The zero-order valence-corrected chi connectivity index (χ0v) is 17.8. The van der Waals surface area contributed by atoms with Crippen LogP contribution in [0.3, 0.4) is 0 Å². The van der Waals surface area contributed by atoms with Gasteiger partial charge in [-0.3, -0.25) is 0 Å². The molecule has 2 nitrogen and oxygen atoms in total. The normalized spacial score (nSPS) is 15.0. The van der Waals surface area contributed by atoms with E-state index in [9.17, 15) is 5.11 Å². The maximum atomic E-state index is 10.6. The first-order valence-corrected chi connectivity index (χ1v) is 11.5. The van der Waals surface area contributed by atoms with Crippen molar-refractivity contribution >= 4 is 8.07 Å². The highest BCUT2D eigenvalue weighted by Gasteiger charge is 2.41. The molecule has 0 aromatic heterocycles. The third-order valence-corrected chi connectivity index (χ3v) is 11.3. The molecule has 0 amide bonds. The zero-order valence-electron chi connectivity index (χ0n) is 16.8. The van der Waals surface area contributed by atoms with Crippen LogP contribution in [0, 0.1) is 17.4 Å². The van der Waals surface area contributed by atoms with Crippen LogP contribution in [0.25, 0.3) is 0 Å². The van der Waals surface area contributed by atoms with Gasteiger partial charge in [-0.1, -0.05) is 72.6 Å². The summed E-state index contributed by atoms with van der Waals surface area (Å²) < 4.78 is 5.35. The number of hydrogen-bond donors (Lipinski definition) is 1. The summed E-state index contributed by atoms with van der Waals surface area (Å²) in [4.78, 5) is 0. The van der Waals surface area contributed by atoms with Crippen molar-refractivity contribution in [3.8, 4) is 11.5 Å². The predicted molar refractivity (Wildman–Crippen MR) is 109 cm³/mol. The Kier molecular flexibility index (Phi) is 11.3. The fourth-order valence-corrected chi connectivity index (χ4v) is 8.92. The number of aliphatic hydroxyl groups is 1. The van der Waals surface area contributed by atoms with Gasteiger partial charge in [-0.05, 0) is 23.0 Å². The molecule has 2 atom stereocenters. The molecule has 0 bridgehead atoms. The average molecular weight is 351 g/mol. The summed E-state index contributed by atoms with van der Waals surface area (Å²) in [7, 11) is -1.78. The molecule has 0 aromatic rings. The maximum absolute atomic E-state index is 10.6. The summed E-state index contributed by atoms with van der Waals surface area (Å²) in [5.41, 5.74) is 5.37. The van der Waals surface area contributed by atoms with E-state index in [1.54, 1.807) is 6.08 Å². The molecule has 3 heteroatoms. The Balaban J connectivity index is 5.18. The molecular weight excluding hydrogens is 312 g/mol. The van der Waals surface area contributed by atoms with Gasteiger partial charge in [-0.15, -0.1) is 12.1 Å². The second-order valence-electron chi connectivity index (χ2n) is 7.44. The van der Waals surface area contributed by atoms with Crippen molar-refractivity contribution in [1.29, 1.82) is 0 Å². The van der Waals surface area contributed by atoms with E-state index in [0.717, 1.165) is 6.42 Å². The highest BCUT2D eigenvalue weighted by molar-refractivity contribution is 6.90. The van der Waals surface area contributed by atoms with Crippen LogP contribution in [0.15, 0.2) is 24.8 Å².